The van der Waals surface area contributed by atoms with Crippen molar-refractivity contribution >= 4 is 48.6 Å². The third kappa shape index (κ3) is 3.86. The van der Waals surface area contributed by atoms with Crippen molar-refractivity contribution < 1.29 is 8.42 Å². The van der Waals surface area contributed by atoms with Gasteiger partial charge >= 0.3 is 0 Å². The smallest absolute Gasteiger partial charge is 0.242 e. The molecule has 0 aromatic carbocycles. The van der Waals surface area contributed by atoms with Crippen molar-refractivity contribution in [1.29, 1.82) is 0 Å². The quantitative estimate of drug-likeness (QED) is 0.785. The molecule has 0 fully saturated rings. The maximum Gasteiger partial charge on any atom is 0.242 e. The van der Waals surface area contributed by atoms with Gasteiger partial charge in [-0.15, -0.1) is 22.7 Å². The lowest BCUT2D eigenvalue weighted by atomic mass is 10.3. The largest absolute Gasteiger partial charge is 0.326 e. The Morgan fingerprint density at radius 1 is 1.50 bits per heavy atom. The highest BCUT2D eigenvalue weighted by Gasteiger charge is 2.20. The summed E-state index contributed by atoms with van der Waals surface area (Å²) in [5.41, 5.74) is 6.43. The number of aryl methyl sites for hydroxylation is 1. The molecular weight excluding hydrogens is 382 g/mol. The van der Waals surface area contributed by atoms with Crippen LogP contribution in [0.2, 0.25) is 0 Å². The molecule has 0 amide bonds. The number of thiophene rings is 1. The highest BCUT2D eigenvalue weighted by atomic mass is 79.9. The van der Waals surface area contributed by atoms with Gasteiger partial charge in [-0.05, 0) is 28.9 Å². The third-order valence-corrected chi connectivity index (χ3v) is 7.09. The Morgan fingerprint density at radius 3 is 2.80 bits per heavy atom. The van der Waals surface area contributed by atoms with E-state index >= 15 is 0 Å². The van der Waals surface area contributed by atoms with Gasteiger partial charge in [0.15, 0.2) is 0 Å². The summed E-state index contributed by atoms with van der Waals surface area (Å²) in [6.45, 7) is 2.58. The number of nitrogens with two attached hydrogens (primary N) is 1. The number of nitrogens with zero attached hydrogens (tertiary/aromatic N) is 1. The molecule has 0 saturated carbocycles. The van der Waals surface area contributed by atoms with Crippen LogP contribution < -0.4 is 10.5 Å². The van der Waals surface area contributed by atoms with E-state index < -0.39 is 10.0 Å². The summed E-state index contributed by atoms with van der Waals surface area (Å²) < 4.78 is 27.5. The molecule has 5 nitrogen and oxygen atoms in total. The van der Waals surface area contributed by atoms with E-state index in [2.05, 4.69) is 25.6 Å². The number of nitrogens with one attached hydrogen (secondary N) is 1. The van der Waals surface area contributed by atoms with Crippen molar-refractivity contribution in [2.24, 2.45) is 5.73 Å². The van der Waals surface area contributed by atoms with E-state index in [9.17, 15) is 8.42 Å². The Morgan fingerprint density at radius 2 is 2.25 bits per heavy atom. The van der Waals surface area contributed by atoms with Crippen LogP contribution in [0.25, 0.3) is 0 Å². The van der Waals surface area contributed by atoms with E-state index in [0.29, 0.717) is 23.3 Å². The average molecular weight is 396 g/mol. The molecule has 2 aromatic heterocycles. The Hall–Kier alpha value is -0.320. The predicted molar refractivity (Wildman–Crippen MR) is 85.7 cm³/mol. The molecule has 0 unspecified atom stereocenters. The molecule has 0 aliphatic rings. The third-order valence-electron chi connectivity index (χ3n) is 2.54. The molecule has 20 heavy (non-hydrogen) atoms. The van der Waals surface area contributed by atoms with E-state index in [1.54, 1.807) is 17.4 Å². The first kappa shape index (κ1) is 16.1. The maximum absolute atomic E-state index is 12.2. The number of rotatable bonds is 6. The number of aromatic nitrogens is 1. The molecular formula is C11H14BrN3O2S3. The molecule has 2 heterocycles. The fraction of sp³-hybridized carbons (Fsp3) is 0.364. The first-order chi connectivity index (χ1) is 9.42. The standard InChI is InChI=1S/C11H14BrN3O2S3/c1-7-15-8(6-18-7)2-3-14-20(16,17)10-4-9(5-13)19-11(10)12/h4,6,14H,2-3,5,13H2,1H3. The number of thiazole rings is 1. The lowest BCUT2D eigenvalue weighted by Gasteiger charge is -2.04. The van der Waals surface area contributed by atoms with Gasteiger partial charge in [-0.25, -0.2) is 18.1 Å². The summed E-state index contributed by atoms with van der Waals surface area (Å²) in [6, 6.07) is 1.60. The topological polar surface area (TPSA) is 85.1 Å². The van der Waals surface area contributed by atoms with Crippen LogP contribution in [0.4, 0.5) is 0 Å². The van der Waals surface area contributed by atoms with Crippen LogP contribution in [0.5, 0.6) is 0 Å². The van der Waals surface area contributed by atoms with Gasteiger partial charge < -0.3 is 5.73 Å². The van der Waals surface area contributed by atoms with Gasteiger partial charge in [0.05, 0.1) is 14.5 Å². The molecule has 110 valence electrons. The van der Waals surface area contributed by atoms with Gasteiger partial charge in [0, 0.05) is 29.8 Å². The van der Waals surface area contributed by atoms with Crippen LogP contribution in [-0.4, -0.2) is 19.9 Å². The fourth-order valence-corrected chi connectivity index (χ4v) is 5.83. The molecule has 0 spiro atoms. The Balaban J connectivity index is 2.01. The zero-order valence-electron chi connectivity index (χ0n) is 10.7. The zero-order chi connectivity index (χ0) is 14.8. The fourth-order valence-electron chi connectivity index (χ4n) is 1.60. The van der Waals surface area contributed by atoms with Crippen LogP contribution in [-0.2, 0) is 23.0 Å². The first-order valence-corrected chi connectivity index (χ1v) is 9.78. The van der Waals surface area contributed by atoms with Crippen molar-refractivity contribution in [1.82, 2.24) is 9.71 Å². The minimum atomic E-state index is -3.51. The van der Waals surface area contributed by atoms with E-state index in [0.717, 1.165) is 15.6 Å². The molecule has 0 aliphatic carbocycles. The second-order valence-corrected chi connectivity index (χ2v) is 9.31. The molecule has 0 aliphatic heterocycles. The number of hydrogen-bond donors (Lipinski definition) is 2. The summed E-state index contributed by atoms with van der Waals surface area (Å²) in [7, 11) is -3.51. The Labute approximate surface area is 134 Å². The molecule has 0 bridgehead atoms. The molecule has 0 saturated heterocycles. The maximum atomic E-state index is 12.2. The van der Waals surface area contributed by atoms with E-state index in [1.807, 2.05) is 12.3 Å². The monoisotopic (exact) mass is 395 g/mol. The molecule has 0 radical (unpaired) electrons. The van der Waals surface area contributed by atoms with Crippen LogP contribution in [0.15, 0.2) is 20.1 Å². The molecule has 9 heteroatoms. The minimum absolute atomic E-state index is 0.248. The molecule has 0 atom stereocenters. The van der Waals surface area contributed by atoms with Gasteiger partial charge in [-0.2, -0.15) is 0 Å². The van der Waals surface area contributed by atoms with Crippen LogP contribution >= 0.6 is 38.6 Å². The van der Waals surface area contributed by atoms with Crippen molar-refractivity contribution in [2.75, 3.05) is 6.54 Å². The van der Waals surface area contributed by atoms with Crippen LogP contribution in [0.1, 0.15) is 15.6 Å². The molecule has 3 N–H and O–H groups in total. The van der Waals surface area contributed by atoms with Gasteiger partial charge in [0.1, 0.15) is 4.90 Å². The molecule has 2 rings (SSSR count). The van der Waals surface area contributed by atoms with Crippen LogP contribution in [0.3, 0.4) is 0 Å². The van der Waals surface area contributed by atoms with E-state index in [1.165, 1.54) is 11.3 Å². The van der Waals surface area contributed by atoms with Gasteiger partial charge in [0.25, 0.3) is 0 Å². The van der Waals surface area contributed by atoms with Gasteiger partial charge in [-0.1, -0.05) is 0 Å². The summed E-state index contributed by atoms with van der Waals surface area (Å²) >= 11 is 6.16. The van der Waals surface area contributed by atoms with E-state index in [4.69, 9.17) is 5.73 Å². The van der Waals surface area contributed by atoms with Gasteiger partial charge in [0.2, 0.25) is 10.0 Å². The number of sulfonamides is 1. The van der Waals surface area contributed by atoms with Crippen molar-refractivity contribution in [3.05, 3.63) is 30.8 Å². The number of halogens is 1. The van der Waals surface area contributed by atoms with Crippen LogP contribution in [0, 0.1) is 6.92 Å². The SMILES string of the molecule is Cc1nc(CCNS(=O)(=O)c2cc(CN)sc2Br)cs1. The normalized spacial score (nSPS) is 11.9. The highest BCUT2D eigenvalue weighted by molar-refractivity contribution is 9.11. The Bertz CT molecular complexity index is 694. The van der Waals surface area contributed by atoms with Crippen molar-refractivity contribution in [3.63, 3.8) is 0 Å². The first-order valence-electron chi connectivity index (χ1n) is 5.81. The lowest BCUT2D eigenvalue weighted by molar-refractivity contribution is 0.581. The van der Waals surface area contributed by atoms with Gasteiger partial charge in [-0.3, -0.25) is 0 Å². The summed E-state index contributed by atoms with van der Waals surface area (Å²) in [5.74, 6) is 0. The summed E-state index contributed by atoms with van der Waals surface area (Å²) in [6.07, 6.45) is 0.578. The highest BCUT2D eigenvalue weighted by Crippen LogP contribution is 2.31. The summed E-state index contributed by atoms with van der Waals surface area (Å²) in [5, 5.41) is 2.92. The average Bonchev–Trinajstić information content (AvgIpc) is 2.95. The second-order valence-electron chi connectivity index (χ2n) is 4.06. The van der Waals surface area contributed by atoms with Crippen molar-refractivity contribution in [2.45, 2.75) is 24.8 Å². The second kappa shape index (κ2) is 6.63. The summed E-state index contributed by atoms with van der Waals surface area (Å²) in [4.78, 5) is 5.37. The lowest BCUT2D eigenvalue weighted by Crippen LogP contribution is -2.26. The Kier molecular flexibility index (Phi) is 5.32. The minimum Gasteiger partial charge on any atom is -0.326 e. The van der Waals surface area contributed by atoms with E-state index in [-0.39, 0.29) is 4.90 Å². The predicted octanol–water partition coefficient (Wildman–Crippen LogP) is 2.26. The number of hydrogen-bond acceptors (Lipinski definition) is 6. The molecule has 2 aromatic rings. The zero-order valence-corrected chi connectivity index (χ0v) is 14.8. The van der Waals surface area contributed by atoms with Crippen molar-refractivity contribution in [3.8, 4) is 0 Å².